The van der Waals surface area contributed by atoms with E-state index in [1.54, 1.807) is 0 Å². The van der Waals surface area contributed by atoms with E-state index >= 15 is 0 Å². The molecule has 0 spiro atoms. The summed E-state index contributed by atoms with van der Waals surface area (Å²) in [5.41, 5.74) is 0.902. The van der Waals surface area contributed by atoms with Gasteiger partial charge in [-0.05, 0) is 37.7 Å². The summed E-state index contributed by atoms with van der Waals surface area (Å²) >= 11 is 3.26. The summed E-state index contributed by atoms with van der Waals surface area (Å²) < 4.78 is 13.9. The van der Waals surface area contributed by atoms with Crippen LogP contribution in [0.5, 0.6) is 0 Å². The average Bonchev–Trinajstić information content (AvgIpc) is 2.16. The van der Waals surface area contributed by atoms with Crippen molar-refractivity contribution in [3.05, 3.63) is 34.1 Å². The molecule has 1 aromatic rings. The molecule has 0 heterocycles. The molecule has 0 saturated heterocycles. The Kier molecular flexibility index (Phi) is 4.91. The van der Waals surface area contributed by atoms with Crippen molar-refractivity contribution < 1.29 is 4.39 Å². The topological polar surface area (TPSA) is 27.0 Å². The smallest absolute Gasteiger partial charge is 0.124 e. The molecular formula is C12H14BrFN2. The standard InChI is InChI=1S/C12H14BrFN2/c1-9(3-4-15)16(2)8-10-5-11(13)7-12(14)6-10/h5-7,9H,3,8H2,1-2H3. The van der Waals surface area contributed by atoms with Crippen molar-refractivity contribution >= 4 is 15.9 Å². The van der Waals surface area contributed by atoms with Gasteiger partial charge in [0.25, 0.3) is 0 Å². The number of benzene rings is 1. The van der Waals surface area contributed by atoms with Crippen molar-refractivity contribution in [2.45, 2.75) is 25.9 Å². The Bertz CT molecular complexity index is 380. The van der Waals surface area contributed by atoms with E-state index in [1.807, 2.05) is 24.9 Å². The van der Waals surface area contributed by atoms with Crippen molar-refractivity contribution in [2.24, 2.45) is 0 Å². The molecule has 0 amide bonds. The molecule has 0 N–H and O–H groups in total. The highest BCUT2D eigenvalue weighted by Gasteiger charge is 2.09. The Labute approximate surface area is 104 Å². The molecule has 1 rings (SSSR count). The predicted octanol–water partition coefficient (Wildman–Crippen LogP) is 3.32. The molecule has 1 unspecified atom stereocenters. The van der Waals surface area contributed by atoms with Crippen LogP contribution in [0, 0.1) is 17.1 Å². The zero-order valence-electron chi connectivity index (χ0n) is 9.37. The molecule has 1 aromatic carbocycles. The van der Waals surface area contributed by atoms with Crippen LogP contribution in [0.1, 0.15) is 18.9 Å². The van der Waals surface area contributed by atoms with Gasteiger partial charge in [0.15, 0.2) is 0 Å². The van der Waals surface area contributed by atoms with Gasteiger partial charge in [0.05, 0.1) is 12.5 Å². The fourth-order valence-corrected chi connectivity index (χ4v) is 1.95. The first-order chi connectivity index (χ1) is 7.52. The molecule has 0 aliphatic carbocycles. The molecule has 0 fully saturated rings. The molecule has 0 aromatic heterocycles. The molecule has 86 valence electrons. The lowest BCUT2D eigenvalue weighted by atomic mass is 10.1. The molecule has 0 radical (unpaired) electrons. The van der Waals surface area contributed by atoms with E-state index in [1.165, 1.54) is 12.1 Å². The van der Waals surface area contributed by atoms with Gasteiger partial charge in [-0.2, -0.15) is 5.26 Å². The minimum Gasteiger partial charge on any atom is -0.298 e. The lowest BCUT2D eigenvalue weighted by Gasteiger charge is -2.22. The van der Waals surface area contributed by atoms with Crippen LogP contribution in [0.4, 0.5) is 4.39 Å². The fraction of sp³-hybridized carbons (Fsp3) is 0.417. The van der Waals surface area contributed by atoms with E-state index in [9.17, 15) is 4.39 Å². The van der Waals surface area contributed by atoms with E-state index in [-0.39, 0.29) is 11.9 Å². The molecule has 0 saturated carbocycles. The zero-order valence-corrected chi connectivity index (χ0v) is 11.0. The van der Waals surface area contributed by atoms with E-state index in [0.717, 1.165) is 10.0 Å². The SMILES string of the molecule is CC(CC#N)N(C)Cc1cc(F)cc(Br)c1. The van der Waals surface area contributed by atoms with Gasteiger partial charge in [-0.1, -0.05) is 15.9 Å². The van der Waals surface area contributed by atoms with Crippen molar-refractivity contribution in [1.29, 1.82) is 5.26 Å². The van der Waals surface area contributed by atoms with E-state index < -0.39 is 0 Å². The lowest BCUT2D eigenvalue weighted by Crippen LogP contribution is -2.28. The highest BCUT2D eigenvalue weighted by molar-refractivity contribution is 9.10. The Morgan fingerprint density at radius 2 is 2.19 bits per heavy atom. The maximum Gasteiger partial charge on any atom is 0.124 e. The Morgan fingerprint density at radius 1 is 1.50 bits per heavy atom. The van der Waals surface area contributed by atoms with Crippen LogP contribution < -0.4 is 0 Å². The van der Waals surface area contributed by atoms with Crippen molar-refractivity contribution in [3.63, 3.8) is 0 Å². The van der Waals surface area contributed by atoms with Crippen LogP contribution >= 0.6 is 15.9 Å². The molecule has 2 nitrogen and oxygen atoms in total. The highest BCUT2D eigenvalue weighted by Crippen LogP contribution is 2.17. The zero-order chi connectivity index (χ0) is 12.1. The average molecular weight is 285 g/mol. The van der Waals surface area contributed by atoms with Crippen molar-refractivity contribution in [2.75, 3.05) is 7.05 Å². The van der Waals surface area contributed by atoms with Gasteiger partial charge < -0.3 is 0 Å². The summed E-state index contributed by atoms with van der Waals surface area (Å²) in [6.45, 7) is 2.62. The molecule has 0 aliphatic rings. The number of hydrogen-bond donors (Lipinski definition) is 0. The summed E-state index contributed by atoms with van der Waals surface area (Å²) in [4.78, 5) is 2.03. The predicted molar refractivity (Wildman–Crippen MR) is 65.3 cm³/mol. The summed E-state index contributed by atoms with van der Waals surface area (Å²) in [5.74, 6) is -0.245. The quantitative estimate of drug-likeness (QED) is 0.848. The number of hydrogen-bond acceptors (Lipinski definition) is 2. The van der Waals surface area contributed by atoms with Crippen LogP contribution in [0.2, 0.25) is 0 Å². The fourth-order valence-electron chi connectivity index (χ4n) is 1.43. The number of nitriles is 1. The van der Waals surface area contributed by atoms with E-state index in [2.05, 4.69) is 22.0 Å². The first kappa shape index (κ1) is 13.1. The Hall–Kier alpha value is -0.920. The van der Waals surface area contributed by atoms with E-state index in [0.29, 0.717) is 13.0 Å². The second-order valence-electron chi connectivity index (χ2n) is 3.90. The summed E-state index contributed by atoms with van der Waals surface area (Å²) in [6.07, 6.45) is 0.479. The lowest BCUT2D eigenvalue weighted by molar-refractivity contribution is 0.252. The van der Waals surface area contributed by atoms with Gasteiger partial charge in [-0.15, -0.1) is 0 Å². The van der Waals surface area contributed by atoms with Gasteiger partial charge >= 0.3 is 0 Å². The highest BCUT2D eigenvalue weighted by atomic mass is 79.9. The number of halogens is 2. The second kappa shape index (κ2) is 5.97. The first-order valence-electron chi connectivity index (χ1n) is 5.05. The summed E-state index contributed by atoms with van der Waals surface area (Å²) in [5, 5.41) is 8.60. The Morgan fingerprint density at radius 3 is 2.75 bits per heavy atom. The molecule has 0 bridgehead atoms. The third kappa shape index (κ3) is 3.92. The second-order valence-corrected chi connectivity index (χ2v) is 4.82. The van der Waals surface area contributed by atoms with Gasteiger partial charge in [0.1, 0.15) is 5.82 Å². The summed E-state index contributed by atoms with van der Waals surface area (Å²) in [7, 11) is 1.93. The minimum absolute atomic E-state index is 0.173. The molecule has 0 aliphatic heterocycles. The Balaban J connectivity index is 2.69. The monoisotopic (exact) mass is 284 g/mol. The third-order valence-corrected chi connectivity index (χ3v) is 2.95. The summed E-state index contributed by atoms with van der Waals surface area (Å²) in [6, 6.07) is 7.14. The largest absolute Gasteiger partial charge is 0.298 e. The van der Waals surface area contributed by atoms with Crippen LogP contribution in [0.3, 0.4) is 0 Å². The number of nitrogens with zero attached hydrogens (tertiary/aromatic N) is 2. The maximum atomic E-state index is 13.1. The van der Waals surface area contributed by atoms with Gasteiger partial charge in [0, 0.05) is 17.1 Å². The van der Waals surface area contributed by atoms with Crippen LogP contribution in [0.25, 0.3) is 0 Å². The van der Waals surface area contributed by atoms with Gasteiger partial charge in [0.2, 0.25) is 0 Å². The van der Waals surface area contributed by atoms with Crippen molar-refractivity contribution in [3.8, 4) is 6.07 Å². The van der Waals surface area contributed by atoms with Crippen LogP contribution in [-0.4, -0.2) is 18.0 Å². The normalized spacial score (nSPS) is 12.5. The molecule has 1 atom stereocenters. The number of rotatable bonds is 4. The third-order valence-electron chi connectivity index (χ3n) is 2.49. The first-order valence-corrected chi connectivity index (χ1v) is 5.84. The molecule has 16 heavy (non-hydrogen) atoms. The minimum atomic E-state index is -0.245. The molecular weight excluding hydrogens is 271 g/mol. The molecule has 4 heteroatoms. The van der Waals surface area contributed by atoms with Crippen LogP contribution in [0.15, 0.2) is 22.7 Å². The van der Waals surface area contributed by atoms with Crippen LogP contribution in [-0.2, 0) is 6.54 Å². The van der Waals surface area contributed by atoms with Crippen molar-refractivity contribution in [1.82, 2.24) is 4.90 Å². The maximum absolute atomic E-state index is 13.1. The van der Waals surface area contributed by atoms with Gasteiger partial charge in [-0.3, -0.25) is 4.90 Å². The van der Waals surface area contributed by atoms with E-state index in [4.69, 9.17) is 5.26 Å². The van der Waals surface area contributed by atoms with Gasteiger partial charge in [-0.25, -0.2) is 4.39 Å².